The zero-order valence-electron chi connectivity index (χ0n) is 9.72. The number of aromatic nitrogens is 1. The molecule has 1 unspecified atom stereocenters. The highest BCUT2D eigenvalue weighted by Crippen LogP contribution is 2.17. The van der Waals surface area contributed by atoms with Crippen LogP contribution in [0.4, 0.5) is 0 Å². The van der Waals surface area contributed by atoms with E-state index < -0.39 is 6.10 Å². The van der Waals surface area contributed by atoms with Crippen molar-refractivity contribution in [2.45, 2.75) is 19.4 Å². The van der Waals surface area contributed by atoms with Crippen LogP contribution in [-0.2, 0) is 6.42 Å². The van der Waals surface area contributed by atoms with E-state index in [1.165, 1.54) is 0 Å². The Balaban J connectivity index is 1.66. The molecule has 0 radical (unpaired) electrons. The smallest absolute Gasteiger partial charge is 0.101 e. The number of aliphatic hydroxyl groups excluding tert-OH is 1. The SMILES string of the molecule is Cc1nc(CCNCC(O)c2cccs2)cs1. The highest BCUT2D eigenvalue weighted by molar-refractivity contribution is 7.10. The number of nitrogens with one attached hydrogen (secondary N) is 1. The van der Waals surface area contributed by atoms with E-state index in [0.29, 0.717) is 6.54 Å². The number of aliphatic hydroxyl groups is 1. The molecule has 1 atom stereocenters. The first-order valence-corrected chi connectivity index (χ1v) is 7.35. The molecule has 0 aliphatic heterocycles. The molecule has 0 saturated heterocycles. The molecule has 2 aromatic rings. The molecule has 0 aliphatic carbocycles. The van der Waals surface area contributed by atoms with E-state index in [2.05, 4.69) is 15.7 Å². The lowest BCUT2D eigenvalue weighted by molar-refractivity contribution is 0.179. The van der Waals surface area contributed by atoms with Gasteiger partial charge in [-0.3, -0.25) is 0 Å². The van der Waals surface area contributed by atoms with Crippen LogP contribution < -0.4 is 5.32 Å². The summed E-state index contributed by atoms with van der Waals surface area (Å²) in [6.45, 7) is 3.47. The summed E-state index contributed by atoms with van der Waals surface area (Å²) in [4.78, 5) is 5.41. The molecule has 2 heterocycles. The van der Waals surface area contributed by atoms with Gasteiger partial charge in [0.05, 0.1) is 10.7 Å². The van der Waals surface area contributed by atoms with Crippen LogP contribution in [0.15, 0.2) is 22.9 Å². The van der Waals surface area contributed by atoms with Crippen molar-refractivity contribution in [3.8, 4) is 0 Å². The van der Waals surface area contributed by atoms with Crippen LogP contribution in [0.5, 0.6) is 0 Å². The molecule has 2 aromatic heterocycles. The molecule has 0 amide bonds. The molecule has 2 rings (SSSR count). The van der Waals surface area contributed by atoms with Crippen LogP contribution in [0, 0.1) is 6.92 Å². The maximum Gasteiger partial charge on any atom is 0.101 e. The van der Waals surface area contributed by atoms with E-state index in [-0.39, 0.29) is 0 Å². The molecule has 0 bridgehead atoms. The van der Waals surface area contributed by atoms with Crippen LogP contribution in [-0.4, -0.2) is 23.2 Å². The Labute approximate surface area is 109 Å². The van der Waals surface area contributed by atoms with Crippen molar-refractivity contribution in [1.82, 2.24) is 10.3 Å². The van der Waals surface area contributed by atoms with E-state index in [9.17, 15) is 5.11 Å². The number of rotatable bonds is 6. The van der Waals surface area contributed by atoms with E-state index in [4.69, 9.17) is 0 Å². The summed E-state index contributed by atoms with van der Waals surface area (Å²) in [5.41, 5.74) is 1.13. The van der Waals surface area contributed by atoms with Gasteiger partial charge >= 0.3 is 0 Å². The number of hydrogen-bond donors (Lipinski definition) is 2. The minimum absolute atomic E-state index is 0.396. The Bertz CT molecular complexity index is 439. The molecule has 0 aromatic carbocycles. The van der Waals surface area contributed by atoms with Crippen LogP contribution in [0.3, 0.4) is 0 Å². The Hall–Kier alpha value is -0.750. The molecule has 17 heavy (non-hydrogen) atoms. The average Bonchev–Trinajstić information content (AvgIpc) is 2.95. The number of thiazole rings is 1. The third kappa shape index (κ3) is 3.89. The highest BCUT2D eigenvalue weighted by atomic mass is 32.1. The Morgan fingerprint density at radius 1 is 1.47 bits per heavy atom. The van der Waals surface area contributed by atoms with Crippen molar-refractivity contribution in [2.24, 2.45) is 0 Å². The standard InChI is InChI=1S/C12H16N2OS2/c1-9-14-10(8-17-9)4-5-13-7-11(15)12-3-2-6-16-12/h2-3,6,8,11,13,15H,4-5,7H2,1H3. The maximum absolute atomic E-state index is 9.85. The van der Waals surface area contributed by atoms with Crippen molar-refractivity contribution in [3.63, 3.8) is 0 Å². The van der Waals surface area contributed by atoms with Gasteiger partial charge in [0.25, 0.3) is 0 Å². The van der Waals surface area contributed by atoms with Gasteiger partial charge < -0.3 is 10.4 Å². The number of thiophene rings is 1. The first-order chi connectivity index (χ1) is 8.25. The topological polar surface area (TPSA) is 45.2 Å². The quantitative estimate of drug-likeness (QED) is 0.791. The van der Waals surface area contributed by atoms with E-state index >= 15 is 0 Å². The molecule has 3 nitrogen and oxygen atoms in total. The van der Waals surface area contributed by atoms with Crippen LogP contribution >= 0.6 is 22.7 Å². The average molecular weight is 268 g/mol. The molecule has 0 aliphatic rings. The van der Waals surface area contributed by atoms with Crippen molar-refractivity contribution in [2.75, 3.05) is 13.1 Å². The number of hydrogen-bond acceptors (Lipinski definition) is 5. The lowest BCUT2D eigenvalue weighted by Gasteiger charge is -2.09. The van der Waals surface area contributed by atoms with Crippen LogP contribution in [0.25, 0.3) is 0 Å². The lowest BCUT2D eigenvalue weighted by Crippen LogP contribution is -2.23. The molecular formula is C12H16N2OS2. The summed E-state index contributed by atoms with van der Waals surface area (Å²) in [7, 11) is 0. The Morgan fingerprint density at radius 2 is 2.35 bits per heavy atom. The van der Waals surface area contributed by atoms with Crippen molar-refractivity contribution in [1.29, 1.82) is 0 Å². The fourth-order valence-electron chi connectivity index (χ4n) is 1.56. The number of aryl methyl sites for hydroxylation is 1. The maximum atomic E-state index is 9.85. The summed E-state index contributed by atoms with van der Waals surface area (Å²) >= 11 is 3.27. The largest absolute Gasteiger partial charge is 0.386 e. The van der Waals surface area contributed by atoms with E-state index in [0.717, 1.165) is 28.5 Å². The molecular weight excluding hydrogens is 252 g/mol. The minimum Gasteiger partial charge on any atom is -0.386 e. The van der Waals surface area contributed by atoms with Crippen molar-refractivity contribution < 1.29 is 5.11 Å². The lowest BCUT2D eigenvalue weighted by atomic mass is 10.3. The van der Waals surface area contributed by atoms with Gasteiger partial charge in [0.15, 0.2) is 0 Å². The van der Waals surface area contributed by atoms with Gasteiger partial charge in [0, 0.05) is 29.8 Å². The molecule has 0 fully saturated rings. The molecule has 0 saturated carbocycles. The van der Waals surface area contributed by atoms with E-state index in [1.807, 2.05) is 24.4 Å². The van der Waals surface area contributed by atoms with Gasteiger partial charge in [-0.05, 0) is 18.4 Å². The second kappa shape index (κ2) is 6.26. The number of nitrogens with zero attached hydrogens (tertiary/aromatic N) is 1. The summed E-state index contributed by atoms with van der Waals surface area (Å²) in [5.74, 6) is 0. The summed E-state index contributed by atoms with van der Waals surface area (Å²) in [5, 5.41) is 18.3. The van der Waals surface area contributed by atoms with Gasteiger partial charge in [-0.1, -0.05) is 6.07 Å². The van der Waals surface area contributed by atoms with Crippen molar-refractivity contribution >= 4 is 22.7 Å². The molecule has 92 valence electrons. The summed E-state index contributed by atoms with van der Waals surface area (Å²) in [6.07, 6.45) is 0.522. The van der Waals surface area contributed by atoms with Gasteiger partial charge in [-0.2, -0.15) is 0 Å². The Morgan fingerprint density at radius 3 is 3.00 bits per heavy atom. The fourth-order valence-corrected chi connectivity index (χ4v) is 2.92. The second-order valence-corrected chi connectivity index (χ2v) is 5.88. The van der Waals surface area contributed by atoms with Gasteiger partial charge in [0.1, 0.15) is 6.10 Å². The minimum atomic E-state index is -0.396. The van der Waals surface area contributed by atoms with Gasteiger partial charge in [-0.25, -0.2) is 4.98 Å². The zero-order valence-corrected chi connectivity index (χ0v) is 11.4. The third-order valence-electron chi connectivity index (χ3n) is 2.43. The van der Waals surface area contributed by atoms with E-state index in [1.54, 1.807) is 22.7 Å². The molecule has 0 spiro atoms. The fraction of sp³-hybridized carbons (Fsp3) is 0.417. The summed E-state index contributed by atoms with van der Waals surface area (Å²) in [6, 6.07) is 3.92. The van der Waals surface area contributed by atoms with Crippen LogP contribution in [0.2, 0.25) is 0 Å². The first-order valence-electron chi connectivity index (χ1n) is 5.59. The van der Waals surface area contributed by atoms with Gasteiger partial charge in [0.2, 0.25) is 0 Å². The highest BCUT2D eigenvalue weighted by Gasteiger charge is 2.07. The molecule has 2 N–H and O–H groups in total. The van der Waals surface area contributed by atoms with Crippen LogP contribution in [0.1, 0.15) is 21.7 Å². The third-order valence-corrected chi connectivity index (χ3v) is 4.23. The second-order valence-electron chi connectivity index (χ2n) is 3.84. The monoisotopic (exact) mass is 268 g/mol. The predicted octanol–water partition coefficient (Wildman–Crippen LogP) is 2.38. The first kappa shape index (κ1) is 12.7. The zero-order chi connectivity index (χ0) is 12.1. The predicted molar refractivity (Wildman–Crippen MR) is 72.7 cm³/mol. The Kier molecular flexibility index (Phi) is 4.67. The molecule has 5 heteroatoms. The normalized spacial score (nSPS) is 12.8. The van der Waals surface area contributed by atoms with Gasteiger partial charge in [-0.15, -0.1) is 22.7 Å². The van der Waals surface area contributed by atoms with Crippen molar-refractivity contribution in [3.05, 3.63) is 38.5 Å². The summed E-state index contributed by atoms with van der Waals surface area (Å²) < 4.78 is 0.